The summed E-state index contributed by atoms with van der Waals surface area (Å²) in [5, 5.41) is 2.78. The topological polar surface area (TPSA) is 96.4 Å². The van der Waals surface area contributed by atoms with Gasteiger partial charge in [0.15, 0.2) is 5.78 Å². The standard InChI is InChI=1S/C4H7N3O2/c5-4(9)1-3(8)2-7-6/h6H,1-2H2,(H2,5,9). The first kappa shape index (κ1) is 7.74. The number of carbonyl (C=O) groups is 2. The minimum atomic E-state index is -0.677. The summed E-state index contributed by atoms with van der Waals surface area (Å²) in [6, 6.07) is 0. The molecule has 0 radical (unpaired) electrons. The van der Waals surface area contributed by atoms with Crippen LogP contribution in [0.25, 0.3) is 0 Å². The van der Waals surface area contributed by atoms with Gasteiger partial charge in [-0.1, -0.05) is 0 Å². The lowest BCUT2D eigenvalue weighted by Gasteiger charge is -1.87. The zero-order chi connectivity index (χ0) is 7.28. The van der Waals surface area contributed by atoms with Crippen LogP contribution in [0.2, 0.25) is 0 Å². The average molecular weight is 129 g/mol. The Hall–Kier alpha value is -1.26. The zero-order valence-electron chi connectivity index (χ0n) is 4.76. The monoisotopic (exact) mass is 129 g/mol. The van der Waals surface area contributed by atoms with Gasteiger partial charge < -0.3 is 5.73 Å². The molecule has 0 aliphatic heterocycles. The summed E-state index contributed by atoms with van der Waals surface area (Å²) in [4.78, 5) is 20.3. The van der Waals surface area contributed by atoms with E-state index in [0.717, 1.165) is 0 Å². The number of hydrogen-bond acceptors (Lipinski definition) is 4. The molecule has 0 spiro atoms. The predicted molar refractivity (Wildman–Crippen MR) is 28.8 cm³/mol. The van der Waals surface area contributed by atoms with Crippen LogP contribution in [0.1, 0.15) is 6.42 Å². The van der Waals surface area contributed by atoms with Gasteiger partial charge in [0.05, 0.1) is 6.42 Å². The van der Waals surface area contributed by atoms with Crippen molar-refractivity contribution in [3.63, 3.8) is 0 Å². The molecule has 0 aromatic rings. The van der Waals surface area contributed by atoms with Gasteiger partial charge in [0.1, 0.15) is 6.54 Å². The Bertz CT molecular complexity index is 143. The smallest absolute Gasteiger partial charge is 0.224 e. The van der Waals surface area contributed by atoms with Gasteiger partial charge in [-0.3, -0.25) is 9.59 Å². The van der Waals surface area contributed by atoms with Crippen molar-refractivity contribution >= 4 is 11.7 Å². The summed E-state index contributed by atoms with van der Waals surface area (Å²) in [6.07, 6.45) is -0.317. The number of ketones is 1. The summed E-state index contributed by atoms with van der Waals surface area (Å²) in [5.41, 5.74) is 10.9. The molecule has 0 fully saturated rings. The average Bonchev–Trinajstić information content (AvgIpc) is 1.63. The highest BCUT2D eigenvalue weighted by Gasteiger charge is 2.03. The lowest BCUT2D eigenvalue weighted by molar-refractivity contribution is -0.125. The third-order valence-corrected chi connectivity index (χ3v) is 0.627. The van der Waals surface area contributed by atoms with Gasteiger partial charge >= 0.3 is 0 Å². The quantitative estimate of drug-likeness (QED) is 0.393. The second-order valence-corrected chi connectivity index (χ2v) is 1.50. The van der Waals surface area contributed by atoms with Crippen LogP contribution in [0.3, 0.4) is 0 Å². The van der Waals surface area contributed by atoms with E-state index in [1.807, 2.05) is 0 Å². The van der Waals surface area contributed by atoms with Gasteiger partial charge in [0, 0.05) is 0 Å². The molecule has 3 N–H and O–H groups in total. The fourth-order valence-corrected chi connectivity index (χ4v) is 0.338. The van der Waals surface area contributed by atoms with Crippen molar-refractivity contribution in [3.05, 3.63) is 0 Å². The minimum Gasteiger partial charge on any atom is -0.369 e. The molecular formula is C4H7N3O2. The van der Waals surface area contributed by atoms with E-state index < -0.39 is 11.7 Å². The SMILES string of the molecule is N=NCC(=O)CC(N)=O. The van der Waals surface area contributed by atoms with E-state index in [2.05, 4.69) is 10.8 Å². The zero-order valence-corrected chi connectivity index (χ0v) is 4.76. The first-order valence-electron chi connectivity index (χ1n) is 2.30. The van der Waals surface area contributed by atoms with Crippen LogP contribution in [0, 0.1) is 5.53 Å². The molecule has 5 nitrogen and oxygen atoms in total. The van der Waals surface area contributed by atoms with Crippen molar-refractivity contribution in [1.82, 2.24) is 0 Å². The van der Waals surface area contributed by atoms with Crippen LogP contribution < -0.4 is 5.73 Å². The molecule has 0 rings (SSSR count). The molecule has 5 heteroatoms. The third-order valence-electron chi connectivity index (χ3n) is 0.627. The highest BCUT2D eigenvalue weighted by Crippen LogP contribution is 1.81. The van der Waals surface area contributed by atoms with Crippen LogP contribution in [-0.2, 0) is 9.59 Å². The number of carbonyl (C=O) groups excluding carboxylic acids is 2. The molecule has 50 valence electrons. The number of amides is 1. The van der Waals surface area contributed by atoms with Crippen molar-refractivity contribution in [1.29, 1.82) is 5.53 Å². The van der Waals surface area contributed by atoms with Gasteiger partial charge in [-0.05, 0) is 0 Å². The molecule has 0 heterocycles. The molecule has 0 atom stereocenters. The summed E-state index contributed by atoms with van der Waals surface area (Å²) >= 11 is 0. The number of rotatable bonds is 4. The Labute approximate surface area is 51.7 Å². The Kier molecular flexibility index (Phi) is 3.19. The Balaban J connectivity index is 3.50. The lowest BCUT2D eigenvalue weighted by atomic mass is 10.3. The van der Waals surface area contributed by atoms with Crippen LogP contribution >= 0.6 is 0 Å². The molecular weight excluding hydrogens is 122 g/mol. The van der Waals surface area contributed by atoms with Crippen LogP contribution in [0.4, 0.5) is 0 Å². The van der Waals surface area contributed by atoms with Crippen molar-refractivity contribution in [2.45, 2.75) is 6.42 Å². The van der Waals surface area contributed by atoms with Gasteiger partial charge in [0.25, 0.3) is 0 Å². The number of nitrogens with one attached hydrogen (secondary N) is 1. The second-order valence-electron chi connectivity index (χ2n) is 1.50. The Morgan fingerprint density at radius 1 is 1.56 bits per heavy atom. The van der Waals surface area contributed by atoms with Crippen LogP contribution in [-0.4, -0.2) is 18.2 Å². The molecule has 0 aliphatic carbocycles. The lowest BCUT2D eigenvalue weighted by Crippen LogP contribution is -2.17. The summed E-state index contributed by atoms with van der Waals surface area (Å²) in [6.45, 7) is -0.247. The maximum atomic E-state index is 10.3. The molecule has 0 aliphatic rings. The molecule has 0 aromatic carbocycles. The number of hydrogen-bond donors (Lipinski definition) is 2. The van der Waals surface area contributed by atoms with E-state index in [9.17, 15) is 9.59 Å². The van der Waals surface area contributed by atoms with Gasteiger partial charge in [-0.15, -0.1) is 0 Å². The Morgan fingerprint density at radius 3 is 2.44 bits per heavy atom. The minimum absolute atomic E-state index is 0.247. The van der Waals surface area contributed by atoms with E-state index in [1.54, 1.807) is 0 Å². The predicted octanol–water partition coefficient (Wildman–Crippen LogP) is -0.538. The summed E-state index contributed by atoms with van der Waals surface area (Å²) in [7, 11) is 0. The molecule has 9 heavy (non-hydrogen) atoms. The summed E-state index contributed by atoms with van der Waals surface area (Å²) < 4.78 is 0. The second kappa shape index (κ2) is 3.71. The van der Waals surface area contributed by atoms with Crippen LogP contribution in [0.5, 0.6) is 0 Å². The van der Waals surface area contributed by atoms with Gasteiger partial charge in [-0.2, -0.15) is 5.11 Å². The van der Waals surface area contributed by atoms with Gasteiger partial charge in [-0.25, -0.2) is 5.53 Å². The highest BCUT2D eigenvalue weighted by atomic mass is 16.2. The first-order chi connectivity index (χ1) is 4.16. The van der Waals surface area contributed by atoms with Crippen molar-refractivity contribution < 1.29 is 9.59 Å². The van der Waals surface area contributed by atoms with E-state index in [-0.39, 0.29) is 13.0 Å². The molecule has 0 saturated heterocycles. The van der Waals surface area contributed by atoms with Crippen molar-refractivity contribution in [2.24, 2.45) is 10.8 Å². The maximum absolute atomic E-state index is 10.3. The van der Waals surface area contributed by atoms with Gasteiger partial charge in [0.2, 0.25) is 5.91 Å². The van der Waals surface area contributed by atoms with Crippen molar-refractivity contribution in [3.8, 4) is 0 Å². The molecule has 1 amide bonds. The molecule has 0 aromatic heterocycles. The third kappa shape index (κ3) is 4.60. The number of nitrogens with zero attached hydrogens (tertiary/aromatic N) is 1. The molecule has 0 bridgehead atoms. The maximum Gasteiger partial charge on any atom is 0.224 e. The number of nitrogens with two attached hydrogens (primary N) is 1. The highest BCUT2D eigenvalue weighted by molar-refractivity contribution is 5.98. The largest absolute Gasteiger partial charge is 0.369 e. The normalized spacial score (nSPS) is 8.44. The van der Waals surface area contributed by atoms with E-state index in [4.69, 9.17) is 5.53 Å². The molecule has 0 saturated carbocycles. The fourth-order valence-electron chi connectivity index (χ4n) is 0.338. The number of Topliss-reactive ketones (excluding diaryl/α,β-unsaturated/α-hetero) is 1. The van der Waals surface area contributed by atoms with E-state index in [0.29, 0.717) is 0 Å². The fraction of sp³-hybridized carbons (Fsp3) is 0.500. The number of primary amides is 1. The molecule has 0 unspecified atom stereocenters. The first-order valence-corrected chi connectivity index (χ1v) is 2.30. The van der Waals surface area contributed by atoms with Crippen molar-refractivity contribution in [2.75, 3.05) is 6.54 Å². The Morgan fingerprint density at radius 2 is 2.11 bits per heavy atom. The van der Waals surface area contributed by atoms with Crippen LogP contribution in [0.15, 0.2) is 5.11 Å². The van der Waals surface area contributed by atoms with E-state index >= 15 is 0 Å². The summed E-state index contributed by atoms with van der Waals surface area (Å²) in [5.74, 6) is -1.10. The van der Waals surface area contributed by atoms with E-state index in [1.165, 1.54) is 0 Å².